The van der Waals surface area contributed by atoms with Gasteiger partial charge in [-0.25, -0.2) is 15.8 Å². The molecule has 0 amide bonds. The molecule has 102 valence electrons. The highest BCUT2D eigenvalue weighted by Crippen LogP contribution is 2.28. The van der Waals surface area contributed by atoms with Crippen molar-refractivity contribution in [2.75, 3.05) is 5.43 Å². The molecule has 0 saturated carbocycles. The average Bonchev–Trinajstić information content (AvgIpc) is 2.78. The maximum Gasteiger partial charge on any atom is 0.152 e. The molecule has 3 aromatic rings. The maximum absolute atomic E-state index is 5.57. The van der Waals surface area contributed by atoms with Gasteiger partial charge in [0.1, 0.15) is 10.7 Å². The van der Waals surface area contributed by atoms with Crippen LogP contribution in [0.25, 0.3) is 10.2 Å². The lowest BCUT2D eigenvalue weighted by Crippen LogP contribution is -2.10. The number of nitrogens with zero attached hydrogens (tertiary/aromatic N) is 2. The number of hydrogen-bond donors (Lipinski definition) is 2. The first-order valence-electron chi connectivity index (χ1n) is 6.14. The van der Waals surface area contributed by atoms with Gasteiger partial charge in [-0.1, -0.05) is 28.1 Å². The number of hydrazine groups is 1. The third kappa shape index (κ3) is 2.67. The normalized spacial score (nSPS) is 10.9. The fourth-order valence-corrected chi connectivity index (χ4v) is 3.45. The molecule has 0 aliphatic carbocycles. The number of nitrogen functional groups attached to an aromatic ring is 1. The number of anilines is 1. The van der Waals surface area contributed by atoms with E-state index in [4.69, 9.17) is 5.84 Å². The van der Waals surface area contributed by atoms with Crippen molar-refractivity contribution in [3.63, 3.8) is 0 Å². The monoisotopic (exact) mass is 348 g/mol. The predicted octanol–water partition coefficient (Wildman–Crippen LogP) is 3.64. The minimum atomic E-state index is 0.682. The van der Waals surface area contributed by atoms with Crippen LogP contribution in [-0.2, 0) is 6.42 Å². The van der Waals surface area contributed by atoms with Gasteiger partial charge in [0.2, 0.25) is 0 Å². The van der Waals surface area contributed by atoms with E-state index in [1.54, 1.807) is 11.3 Å². The van der Waals surface area contributed by atoms with E-state index < -0.39 is 0 Å². The van der Waals surface area contributed by atoms with Crippen molar-refractivity contribution >= 4 is 43.3 Å². The number of rotatable bonds is 3. The quantitative estimate of drug-likeness (QED) is 0.560. The van der Waals surface area contributed by atoms with Crippen LogP contribution >= 0.6 is 27.3 Å². The smallest absolute Gasteiger partial charge is 0.152 e. The Labute approximate surface area is 129 Å². The second-order valence-electron chi connectivity index (χ2n) is 4.52. The van der Waals surface area contributed by atoms with Crippen molar-refractivity contribution < 1.29 is 0 Å². The van der Waals surface area contributed by atoms with Gasteiger partial charge in [-0.2, -0.15) is 0 Å². The highest BCUT2D eigenvalue weighted by Gasteiger charge is 2.10. The average molecular weight is 349 g/mol. The predicted molar refractivity (Wildman–Crippen MR) is 86.9 cm³/mol. The zero-order chi connectivity index (χ0) is 14.1. The van der Waals surface area contributed by atoms with Crippen LogP contribution in [0.2, 0.25) is 0 Å². The Balaban J connectivity index is 2.03. The summed E-state index contributed by atoms with van der Waals surface area (Å²) in [6, 6.07) is 10.2. The zero-order valence-electron chi connectivity index (χ0n) is 10.9. The molecule has 6 heteroatoms. The highest BCUT2D eigenvalue weighted by atomic mass is 79.9. The first-order chi connectivity index (χ1) is 9.65. The number of aryl methyl sites for hydroxylation is 1. The molecule has 2 aromatic heterocycles. The number of thiophene rings is 1. The topological polar surface area (TPSA) is 63.8 Å². The molecule has 0 aliphatic rings. The van der Waals surface area contributed by atoms with E-state index in [9.17, 15) is 0 Å². The largest absolute Gasteiger partial charge is 0.308 e. The number of nitrogens with two attached hydrogens (primary N) is 1. The maximum atomic E-state index is 5.57. The molecular weight excluding hydrogens is 336 g/mol. The Morgan fingerprint density at radius 1 is 1.30 bits per heavy atom. The van der Waals surface area contributed by atoms with Gasteiger partial charge in [-0.3, -0.25) is 0 Å². The lowest BCUT2D eigenvalue weighted by Gasteiger charge is -2.05. The van der Waals surface area contributed by atoms with Gasteiger partial charge in [0.15, 0.2) is 5.82 Å². The van der Waals surface area contributed by atoms with Crippen LogP contribution in [-0.4, -0.2) is 9.97 Å². The van der Waals surface area contributed by atoms with Gasteiger partial charge in [0, 0.05) is 15.8 Å². The SMILES string of the molecule is Cc1cc2c(NN)nc(Cc3cccc(Br)c3)nc2s1. The Morgan fingerprint density at radius 2 is 2.15 bits per heavy atom. The van der Waals surface area contributed by atoms with Gasteiger partial charge in [-0.05, 0) is 30.7 Å². The van der Waals surface area contributed by atoms with Crippen LogP contribution in [0.3, 0.4) is 0 Å². The number of nitrogens with one attached hydrogen (secondary N) is 1. The van der Waals surface area contributed by atoms with Crippen LogP contribution < -0.4 is 11.3 Å². The Bertz CT molecular complexity index is 769. The summed E-state index contributed by atoms with van der Waals surface area (Å²) in [7, 11) is 0. The van der Waals surface area contributed by atoms with Gasteiger partial charge >= 0.3 is 0 Å². The first kappa shape index (κ1) is 13.5. The summed E-state index contributed by atoms with van der Waals surface area (Å²) < 4.78 is 1.06. The van der Waals surface area contributed by atoms with E-state index in [1.165, 1.54) is 4.88 Å². The number of fused-ring (bicyclic) bond motifs is 1. The van der Waals surface area contributed by atoms with Crippen LogP contribution in [0.15, 0.2) is 34.8 Å². The number of aromatic nitrogens is 2. The lowest BCUT2D eigenvalue weighted by molar-refractivity contribution is 0.992. The first-order valence-corrected chi connectivity index (χ1v) is 7.75. The molecule has 20 heavy (non-hydrogen) atoms. The summed E-state index contributed by atoms with van der Waals surface area (Å²) in [4.78, 5) is 11.3. The molecular formula is C14H13BrN4S. The number of halogens is 1. The minimum absolute atomic E-state index is 0.682. The molecule has 0 unspecified atom stereocenters. The molecule has 3 N–H and O–H groups in total. The second-order valence-corrected chi connectivity index (χ2v) is 6.67. The van der Waals surface area contributed by atoms with Gasteiger partial charge in [0.05, 0.1) is 5.39 Å². The van der Waals surface area contributed by atoms with Gasteiger partial charge in [-0.15, -0.1) is 11.3 Å². The van der Waals surface area contributed by atoms with E-state index in [0.717, 1.165) is 26.1 Å². The standard InChI is InChI=1S/C14H13BrN4S/c1-8-5-11-13(19-16)17-12(18-14(11)20-8)7-9-3-2-4-10(15)6-9/h2-6H,7,16H2,1H3,(H,17,18,19). The van der Waals surface area contributed by atoms with Gasteiger partial charge < -0.3 is 5.43 Å². The summed E-state index contributed by atoms with van der Waals surface area (Å²) in [6.07, 6.45) is 0.682. The Kier molecular flexibility index (Phi) is 3.69. The third-order valence-corrected chi connectivity index (χ3v) is 4.39. The van der Waals surface area contributed by atoms with Crippen molar-refractivity contribution in [3.8, 4) is 0 Å². The Morgan fingerprint density at radius 3 is 2.90 bits per heavy atom. The van der Waals surface area contributed by atoms with Crippen molar-refractivity contribution in [3.05, 3.63) is 51.1 Å². The summed E-state index contributed by atoms with van der Waals surface area (Å²) >= 11 is 5.13. The molecule has 0 fully saturated rings. The van der Waals surface area contributed by atoms with Crippen LogP contribution in [0.4, 0.5) is 5.82 Å². The molecule has 0 spiro atoms. The number of benzene rings is 1. The highest BCUT2D eigenvalue weighted by molar-refractivity contribution is 9.10. The van der Waals surface area contributed by atoms with Crippen molar-refractivity contribution in [2.24, 2.45) is 5.84 Å². The third-order valence-electron chi connectivity index (χ3n) is 2.95. The van der Waals surface area contributed by atoms with Crippen LogP contribution in [0.1, 0.15) is 16.3 Å². The fraction of sp³-hybridized carbons (Fsp3) is 0.143. The van der Waals surface area contributed by atoms with E-state index in [-0.39, 0.29) is 0 Å². The van der Waals surface area contributed by atoms with Crippen molar-refractivity contribution in [1.82, 2.24) is 9.97 Å². The van der Waals surface area contributed by atoms with E-state index in [0.29, 0.717) is 12.2 Å². The summed E-state index contributed by atoms with van der Waals surface area (Å²) in [5.74, 6) is 7.02. The second kappa shape index (κ2) is 5.47. The molecule has 3 rings (SSSR count). The van der Waals surface area contributed by atoms with E-state index in [2.05, 4.69) is 56.4 Å². The molecule has 0 bridgehead atoms. The Hall–Kier alpha value is -1.50. The molecule has 0 saturated heterocycles. The molecule has 2 heterocycles. The molecule has 4 nitrogen and oxygen atoms in total. The molecule has 0 aliphatic heterocycles. The van der Waals surface area contributed by atoms with Crippen molar-refractivity contribution in [1.29, 1.82) is 0 Å². The lowest BCUT2D eigenvalue weighted by atomic mass is 10.1. The zero-order valence-corrected chi connectivity index (χ0v) is 13.3. The van der Waals surface area contributed by atoms with E-state index in [1.807, 2.05) is 12.1 Å². The minimum Gasteiger partial charge on any atom is -0.308 e. The molecule has 1 aromatic carbocycles. The summed E-state index contributed by atoms with van der Waals surface area (Å²) in [6.45, 7) is 2.06. The summed E-state index contributed by atoms with van der Waals surface area (Å²) in [5, 5.41) is 0.980. The van der Waals surface area contributed by atoms with Crippen LogP contribution in [0.5, 0.6) is 0 Å². The molecule has 0 radical (unpaired) electrons. The summed E-state index contributed by atoms with van der Waals surface area (Å²) in [5.41, 5.74) is 3.83. The molecule has 0 atom stereocenters. The van der Waals surface area contributed by atoms with E-state index >= 15 is 0 Å². The fourth-order valence-electron chi connectivity index (χ4n) is 2.10. The van der Waals surface area contributed by atoms with Crippen molar-refractivity contribution in [2.45, 2.75) is 13.3 Å². The van der Waals surface area contributed by atoms with Gasteiger partial charge in [0.25, 0.3) is 0 Å². The number of hydrogen-bond acceptors (Lipinski definition) is 5. The van der Waals surface area contributed by atoms with Crippen LogP contribution in [0, 0.1) is 6.92 Å².